The maximum Gasteiger partial charge on any atom is 0.255 e. The van der Waals surface area contributed by atoms with Gasteiger partial charge in [0.1, 0.15) is 12.4 Å². The van der Waals surface area contributed by atoms with Crippen molar-refractivity contribution in [2.45, 2.75) is 19.9 Å². The maximum absolute atomic E-state index is 12.0. The highest BCUT2D eigenvalue weighted by atomic mass is 16.3. The zero-order valence-electron chi connectivity index (χ0n) is 11.8. The van der Waals surface area contributed by atoms with Crippen LogP contribution in [0, 0.1) is 11.8 Å². The Bertz CT molecular complexity index is 659. The Balaban J connectivity index is 1.95. The molecular formula is C17H17NO3. The van der Waals surface area contributed by atoms with Crippen molar-refractivity contribution in [3.8, 4) is 11.8 Å². The van der Waals surface area contributed by atoms with Crippen LogP contribution in [-0.4, -0.2) is 17.6 Å². The zero-order chi connectivity index (χ0) is 15.1. The molecule has 21 heavy (non-hydrogen) atoms. The molecule has 0 atom stereocenters. The van der Waals surface area contributed by atoms with Crippen LogP contribution in [0.2, 0.25) is 0 Å². The quantitative estimate of drug-likeness (QED) is 0.845. The van der Waals surface area contributed by atoms with Crippen LogP contribution in [0.3, 0.4) is 0 Å². The van der Waals surface area contributed by atoms with Crippen LogP contribution >= 0.6 is 0 Å². The van der Waals surface area contributed by atoms with Crippen LogP contribution in [0.1, 0.15) is 34.2 Å². The predicted octanol–water partition coefficient (Wildman–Crippen LogP) is 2.12. The average molecular weight is 283 g/mol. The number of amides is 1. The van der Waals surface area contributed by atoms with E-state index in [-0.39, 0.29) is 12.5 Å². The molecule has 0 fully saturated rings. The number of aliphatic hydroxyl groups excluding tert-OH is 1. The van der Waals surface area contributed by atoms with Gasteiger partial charge in [0.15, 0.2) is 0 Å². The van der Waals surface area contributed by atoms with Crippen LogP contribution in [0.15, 0.2) is 41.0 Å². The molecule has 0 saturated heterocycles. The fraction of sp³-hybridized carbons (Fsp3) is 0.235. The van der Waals surface area contributed by atoms with Crippen molar-refractivity contribution in [3.05, 3.63) is 59.0 Å². The van der Waals surface area contributed by atoms with Crippen LogP contribution in [-0.2, 0) is 13.0 Å². The Morgan fingerprint density at radius 2 is 2.05 bits per heavy atom. The molecule has 2 aromatic rings. The topological polar surface area (TPSA) is 62.5 Å². The second kappa shape index (κ2) is 7.32. The lowest BCUT2D eigenvalue weighted by Gasteiger charge is -2.05. The van der Waals surface area contributed by atoms with Gasteiger partial charge in [-0.2, -0.15) is 0 Å². The molecule has 1 amide bonds. The SMILES string of the molecule is CCc1occc1C(=O)NCc1ccc(C#CCO)cc1. The largest absolute Gasteiger partial charge is 0.469 e. The van der Waals surface area contributed by atoms with Gasteiger partial charge < -0.3 is 14.8 Å². The molecule has 2 rings (SSSR count). The van der Waals surface area contributed by atoms with Crippen LogP contribution in [0.5, 0.6) is 0 Å². The summed E-state index contributed by atoms with van der Waals surface area (Å²) in [5, 5.41) is 11.5. The van der Waals surface area contributed by atoms with Gasteiger partial charge in [-0.15, -0.1) is 0 Å². The number of carbonyl (C=O) groups excluding carboxylic acids is 1. The molecule has 0 unspecified atom stereocenters. The van der Waals surface area contributed by atoms with E-state index in [9.17, 15) is 4.79 Å². The van der Waals surface area contributed by atoms with Crippen molar-refractivity contribution >= 4 is 5.91 Å². The Labute approximate surface area is 123 Å². The number of rotatable bonds is 4. The lowest BCUT2D eigenvalue weighted by molar-refractivity contribution is 0.0949. The number of furan rings is 1. The Hall–Kier alpha value is -2.51. The maximum atomic E-state index is 12.0. The Morgan fingerprint density at radius 3 is 2.71 bits per heavy atom. The molecule has 4 nitrogen and oxygen atoms in total. The van der Waals surface area contributed by atoms with Gasteiger partial charge in [-0.05, 0) is 23.8 Å². The highest BCUT2D eigenvalue weighted by molar-refractivity contribution is 5.95. The first kappa shape index (κ1) is 14.9. The van der Waals surface area contributed by atoms with E-state index < -0.39 is 0 Å². The summed E-state index contributed by atoms with van der Waals surface area (Å²) in [5.41, 5.74) is 2.41. The standard InChI is InChI=1S/C17H17NO3/c1-2-16-15(9-11-21-16)17(20)18-12-14-7-5-13(6-8-14)4-3-10-19/h5-9,11,19H,2,10,12H2,1H3,(H,18,20). The number of hydrogen-bond donors (Lipinski definition) is 2. The molecule has 0 bridgehead atoms. The summed E-state index contributed by atoms with van der Waals surface area (Å²) in [6, 6.07) is 9.20. The summed E-state index contributed by atoms with van der Waals surface area (Å²) in [7, 11) is 0. The summed E-state index contributed by atoms with van der Waals surface area (Å²) in [4.78, 5) is 12.0. The molecular weight excluding hydrogens is 266 g/mol. The van der Waals surface area contributed by atoms with Gasteiger partial charge in [-0.3, -0.25) is 4.79 Å². The molecule has 0 aliphatic heterocycles. The van der Waals surface area contributed by atoms with Crippen molar-refractivity contribution in [1.29, 1.82) is 0 Å². The van der Waals surface area contributed by atoms with E-state index >= 15 is 0 Å². The molecule has 0 aliphatic carbocycles. The van der Waals surface area contributed by atoms with E-state index in [1.807, 2.05) is 31.2 Å². The third kappa shape index (κ3) is 3.98. The second-order valence-corrected chi connectivity index (χ2v) is 4.45. The highest BCUT2D eigenvalue weighted by Crippen LogP contribution is 2.11. The van der Waals surface area contributed by atoms with Gasteiger partial charge >= 0.3 is 0 Å². The number of hydrogen-bond acceptors (Lipinski definition) is 3. The van der Waals surface area contributed by atoms with E-state index in [0.717, 1.165) is 11.1 Å². The highest BCUT2D eigenvalue weighted by Gasteiger charge is 2.12. The molecule has 4 heteroatoms. The van der Waals surface area contributed by atoms with Gasteiger partial charge in [0.05, 0.1) is 11.8 Å². The lowest BCUT2D eigenvalue weighted by atomic mass is 10.1. The Kier molecular flexibility index (Phi) is 5.19. The first-order chi connectivity index (χ1) is 10.2. The number of aliphatic hydroxyl groups is 1. The molecule has 1 aromatic heterocycles. The van der Waals surface area contributed by atoms with Crippen LogP contribution in [0.4, 0.5) is 0 Å². The van der Waals surface area contributed by atoms with E-state index in [4.69, 9.17) is 9.52 Å². The minimum absolute atomic E-state index is 0.134. The van der Waals surface area contributed by atoms with Crippen molar-refractivity contribution in [3.63, 3.8) is 0 Å². The van der Waals surface area contributed by atoms with Gasteiger partial charge in [0, 0.05) is 18.5 Å². The normalized spacial score (nSPS) is 9.81. The monoisotopic (exact) mass is 283 g/mol. The summed E-state index contributed by atoms with van der Waals surface area (Å²) >= 11 is 0. The molecule has 0 aliphatic rings. The molecule has 0 spiro atoms. The fourth-order valence-corrected chi connectivity index (χ4v) is 1.94. The molecule has 1 heterocycles. The third-order valence-electron chi connectivity index (χ3n) is 3.03. The average Bonchev–Trinajstić information content (AvgIpc) is 3.00. The fourth-order valence-electron chi connectivity index (χ4n) is 1.94. The zero-order valence-corrected chi connectivity index (χ0v) is 11.8. The number of aryl methyl sites for hydroxylation is 1. The number of nitrogens with one attached hydrogen (secondary N) is 1. The minimum Gasteiger partial charge on any atom is -0.469 e. The van der Waals surface area contributed by atoms with Gasteiger partial charge in [-0.1, -0.05) is 30.9 Å². The molecule has 0 saturated carbocycles. The summed E-state index contributed by atoms with van der Waals surface area (Å²) in [5.74, 6) is 5.98. The van der Waals surface area contributed by atoms with Crippen molar-refractivity contribution in [2.24, 2.45) is 0 Å². The van der Waals surface area contributed by atoms with Crippen molar-refractivity contribution < 1.29 is 14.3 Å². The van der Waals surface area contributed by atoms with Crippen molar-refractivity contribution in [2.75, 3.05) is 6.61 Å². The Morgan fingerprint density at radius 1 is 1.29 bits per heavy atom. The third-order valence-corrected chi connectivity index (χ3v) is 3.03. The van der Waals surface area contributed by atoms with Gasteiger partial charge in [-0.25, -0.2) is 0 Å². The predicted molar refractivity (Wildman–Crippen MR) is 79.7 cm³/mol. The summed E-state index contributed by atoms with van der Waals surface area (Å²) in [6.45, 7) is 2.24. The van der Waals surface area contributed by atoms with Gasteiger partial charge in [0.25, 0.3) is 5.91 Å². The number of carbonyl (C=O) groups is 1. The summed E-state index contributed by atoms with van der Waals surface area (Å²) in [6.07, 6.45) is 2.22. The smallest absolute Gasteiger partial charge is 0.255 e. The molecule has 0 radical (unpaired) electrons. The molecule has 1 aromatic carbocycles. The molecule has 108 valence electrons. The lowest BCUT2D eigenvalue weighted by Crippen LogP contribution is -2.23. The minimum atomic E-state index is -0.151. The van der Waals surface area contributed by atoms with Crippen LogP contribution in [0.25, 0.3) is 0 Å². The van der Waals surface area contributed by atoms with Crippen molar-refractivity contribution in [1.82, 2.24) is 5.32 Å². The molecule has 2 N–H and O–H groups in total. The second-order valence-electron chi connectivity index (χ2n) is 4.45. The van der Waals surface area contributed by atoms with E-state index in [1.165, 1.54) is 6.26 Å². The van der Waals surface area contributed by atoms with E-state index in [0.29, 0.717) is 24.3 Å². The first-order valence-corrected chi connectivity index (χ1v) is 6.77. The van der Waals surface area contributed by atoms with E-state index in [2.05, 4.69) is 17.2 Å². The summed E-state index contributed by atoms with van der Waals surface area (Å²) < 4.78 is 5.24. The van der Waals surface area contributed by atoms with Gasteiger partial charge in [0.2, 0.25) is 0 Å². The van der Waals surface area contributed by atoms with E-state index in [1.54, 1.807) is 6.07 Å². The van der Waals surface area contributed by atoms with Crippen LogP contribution < -0.4 is 5.32 Å². The number of benzene rings is 1. The first-order valence-electron chi connectivity index (χ1n) is 6.77.